The summed E-state index contributed by atoms with van der Waals surface area (Å²) in [5.74, 6) is 0.258. The van der Waals surface area contributed by atoms with Crippen molar-refractivity contribution in [3.05, 3.63) is 29.3 Å². The van der Waals surface area contributed by atoms with Gasteiger partial charge in [0.25, 0.3) is 0 Å². The minimum absolute atomic E-state index is 0.0265. The summed E-state index contributed by atoms with van der Waals surface area (Å²) >= 11 is 0. The molecular formula is C15H19NO2. The Bertz CT molecular complexity index is 491. The van der Waals surface area contributed by atoms with Gasteiger partial charge in [-0.25, -0.2) is 0 Å². The average molecular weight is 245 g/mol. The van der Waals surface area contributed by atoms with Gasteiger partial charge in [-0.3, -0.25) is 9.59 Å². The van der Waals surface area contributed by atoms with E-state index in [-0.39, 0.29) is 17.6 Å². The van der Waals surface area contributed by atoms with Crippen molar-refractivity contribution in [2.75, 3.05) is 5.32 Å². The molecule has 18 heavy (non-hydrogen) atoms. The molecule has 0 aromatic heterocycles. The summed E-state index contributed by atoms with van der Waals surface area (Å²) in [7, 11) is 0. The van der Waals surface area contributed by atoms with E-state index < -0.39 is 0 Å². The van der Waals surface area contributed by atoms with Gasteiger partial charge in [0.05, 0.1) is 5.69 Å². The summed E-state index contributed by atoms with van der Waals surface area (Å²) < 4.78 is 0. The highest BCUT2D eigenvalue weighted by atomic mass is 16.2. The molecule has 1 heterocycles. The molecule has 1 atom stereocenters. The molecule has 0 aliphatic carbocycles. The van der Waals surface area contributed by atoms with Crippen LogP contribution >= 0.6 is 0 Å². The van der Waals surface area contributed by atoms with Crippen LogP contribution in [0.15, 0.2) is 18.2 Å². The highest BCUT2D eigenvalue weighted by molar-refractivity contribution is 6.10. The molecule has 2 rings (SSSR count). The Morgan fingerprint density at radius 1 is 1.33 bits per heavy atom. The number of Topliss-reactive ketones (excluding diaryl/α,β-unsaturated/α-hetero) is 1. The Labute approximate surface area is 108 Å². The van der Waals surface area contributed by atoms with E-state index in [1.807, 2.05) is 19.1 Å². The monoisotopic (exact) mass is 245 g/mol. The zero-order valence-electron chi connectivity index (χ0n) is 11.1. The third-order valence-electron chi connectivity index (χ3n) is 3.37. The summed E-state index contributed by atoms with van der Waals surface area (Å²) in [6.07, 6.45) is 1.08. The van der Waals surface area contributed by atoms with Crippen molar-refractivity contribution in [3.8, 4) is 0 Å². The second-order valence-electron chi connectivity index (χ2n) is 5.44. The van der Waals surface area contributed by atoms with Gasteiger partial charge in [0.2, 0.25) is 5.91 Å². The van der Waals surface area contributed by atoms with Crippen molar-refractivity contribution >= 4 is 17.4 Å². The van der Waals surface area contributed by atoms with Gasteiger partial charge in [-0.1, -0.05) is 26.0 Å². The Kier molecular flexibility index (Phi) is 3.50. The number of aryl methyl sites for hydroxylation is 1. The molecule has 3 heteroatoms. The molecule has 3 nitrogen and oxygen atoms in total. The number of anilines is 1. The molecule has 0 bridgehead atoms. The van der Waals surface area contributed by atoms with Crippen molar-refractivity contribution in [2.45, 2.75) is 33.6 Å². The van der Waals surface area contributed by atoms with Gasteiger partial charge < -0.3 is 5.32 Å². The number of amides is 1. The molecule has 0 fully saturated rings. The lowest BCUT2D eigenvalue weighted by Gasteiger charge is -2.14. The topological polar surface area (TPSA) is 46.2 Å². The third-order valence-corrected chi connectivity index (χ3v) is 3.37. The van der Waals surface area contributed by atoms with E-state index in [4.69, 9.17) is 0 Å². The fraction of sp³-hybridized carbons (Fsp3) is 0.467. The van der Waals surface area contributed by atoms with E-state index in [0.29, 0.717) is 23.6 Å². The lowest BCUT2D eigenvalue weighted by atomic mass is 9.90. The maximum absolute atomic E-state index is 12.3. The summed E-state index contributed by atoms with van der Waals surface area (Å²) in [5.41, 5.74) is 2.27. The van der Waals surface area contributed by atoms with Crippen LogP contribution in [0.1, 0.15) is 42.6 Å². The molecule has 0 spiro atoms. The molecule has 96 valence electrons. The van der Waals surface area contributed by atoms with Gasteiger partial charge in [-0.05, 0) is 30.9 Å². The number of nitrogens with one attached hydrogen (secondary N) is 1. The minimum Gasteiger partial charge on any atom is -0.325 e. The van der Waals surface area contributed by atoms with E-state index in [9.17, 15) is 9.59 Å². The van der Waals surface area contributed by atoms with E-state index in [1.54, 1.807) is 6.07 Å². The molecule has 0 saturated carbocycles. The number of fused-ring (bicyclic) bond motifs is 1. The number of hydrogen-bond acceptors (Lipinski definition) is 2. The van der Waals surface area contributed by atoms with Crippen LogP contribution in [0.3, 0.4) is 0 Å². The number of benzene rings is 1. The smallest absolute Gasteiger partial charge is 0.227 e. The van der Waals surface area contributed by atoms with Gasteiger partial charge in [-0.15, -0.1) is 0 Å². The second-order valence-corrected chi connectivity index (χ2v) is 5.44. The molecule has 1 aliphatic heterocycles. The third kappa shape index (κ3) is 2.45. The highest BCUT2D eigenvalue weighted by Crippen LogP contribution is 2.29. The van der Waals surface area contributed by atoms with Gasteiger partial charge in [-0.2, -0.15) is 0 Å². The maximum atomic E-state index is 12.3. The summed E-state index contributed by atoms with van der Waals surface area (Å²) in [4.78, 5) is 24.4. The van der Waals surface area contributed by atoms with E-state index in [1.165, 1.54) is 0 Å². The minimum atomic E-state index is -0.204. The van der Waals surface area contributed by atoms with Gasteiger partial charge in [0.15, 0.2) is 5.78 Å². The molecule has 1 aromatic rings. The first kappa shape index (κ1) is 12.8. The van der Waals surface area contributed by atoms with Crippen LogP contribution in [0.5, 0.6) is 0 Å². The van der Waals surface area contributed by atoms with Crippen molar-refractivity contribution in [3.63, 3.8) is 0 Å². The fourth-order valence-electron chi connectivity index (χ4n) is 2.55. The van der Waals surface area contributed by atoms with E-state index in [0.717, 1.165) is 12.0 Å². The van der Waals surface area contributed by atoms with Crippen LogP contribution in [0, 0.1) is 18.8 Å². The molecule has 1 amide bonds. The van der Waals surface area contributed by atoms with Crippen LogP contribution in [-0.2, 0) is 4.79 Å². The number of carbonyl (C=O) groups is 2. The molecule has 1 aromatic carbocycles. The number of carbonyl (C=O) groups excluding carboxylic acids is 2. The Balaban J connectivity index is 2.35. The molecule has 0 saturated heterocycles. The first-order chi connectivity index (χ1) is 8.49. The predicted molar refractivity (Wildman–Crippen MR) is 71.7 cm³/mol. The van der Waals surface area contributed by atoms with Crippen molar-refractivity contribution in [2.24, 2.45) is 11.8 Å². The highest BCUT2D eigenvalue weighted by Gasteiger charge is 2.29. The lowest BCUT2D eigenvalue weighted by molar-refractivity contribution is -0.120. The quantitative estimate of drug-likeness (QED) is 0.869. The molecule has 0 radical (unpaired) electrons. The Morgan fingerprint density at radius 3 is 2.72 bits per heavy atom. The first-order valence-electron chi connectivity index (χ1n) is 6.42. The molecule has 1 N–H and O–H groups in total. The van der Waals surface area contributed by atoms with Crippen LogP contribution < -0.4 is 5.32 Å². The van der Waals surface area contributed by atoms with Crippen molar-refractivity contribution in [1.29, 1.82) is 0 Å². The van der Waals surface area contributed by atoms with Crippen LogP contribution in [0.25, 0.3) is 0 Å². The number of rotatable bonds is 2. The summed E-state index contributed by atoms with van der Waals surface area (Å²) in [5, 5.41) is 2.89. The lowest BCUT2D eigenvalue weighted by Crippen LogP contribution is -2.23. The normalized spacial score (nSPS) is 19.4. The average Bonchev–Trinajstić information content (AvgIpc) is 2.37. The zero-order chi connectivity index (χ0) is 13.3. The largest absolute Gasteiger partial charge is 0.325 e. The number of hydrogen-bond donors (Lipinski definition) is 1. The molecule has 1 aliphatic rings. The van der Waals surface area contributed by atoms with Gasteiger partial charge in [0, 0.05) is 17.9 Å². The summed E-state index contributed by atoms with van der Waals surface area (Å²) in [6, 6.07) is 5.58. The Morgan fingerprint density at radius 2 is 2.06 bits per heavy atom. The van der Waals surface area contributed by atoms with Crippen LogP contribution in [0.2, 0.25) is 0 Å². The SMILES string of the molecule is Cc1cccc2c1C(=O)C[C@H](CC(C)C)C(=O)N2. The van der Waals surface area contributed by atoms with E-state index >= 15 is 0 Å². The molecular weight excluding hydrogens is 226 g/mol. The van der Waals surface area contributed by atoms with E-state index in [2.05, 4.69) is 19.2 Å². The summed E-state index contributed by atoms with van der Waals surface area (Å²) in [6.45, 7) is 6.05. The maximum Gasteiger partial charge on any atom is 0.227 e. The number of ketones is 1. The standard InChI is InChI=1S/C15H19NO2/c1-9(2)7-11-8-13(17)14-10(3)5-4-6-12(14)16-15(11)18/h4-6,9,11H,7-8H2,1-3H3,(H,16,18)/t11-/m0/s1. The Hall–Kier alpha value is -1.64. The van der Waals surface area contributed by atoms with Crippen LogP contribution in [-0.4, -0.2) is 11.7 Å². The van der Waals surface area contributed by atoms with Crippen molar-refractivity contribution in [1.82, 2.24) is 0 Å². The fourth-order valence-corrected chi connectivity index (χ4v) is 2.55. The van der Waals surface area contributed by atoms with Gasteiger partial charge in [0.1, 0.15) is 0 Å². The second kappa shape index (κ2) is 4.92. The van der Waals surface area contributed by atoms with Crippen molar-refractivity contribution < 1.29 is 9.59 Å². The zero-order valence-corrected chi connectivity index (χ0v) is 11.1. The molecule has 0 unspecified atom stereocenters. The first-order valence-corrected chi connectivity index (χ1v) is 6.42. The van der Waals surface area contributed by atoms with Crippen LogP contribution in [0.4, 0.5) is 5.69 Å². The van der Waals surface area contributed by atoms with Gasteiger partial charge >= 0.3 is 0 Å². The predicted octanol–water partition coefficient (Wildman–Crippen LogP) is 3.18.